The van der Waals surface area contributed by atoms with Gasteiger partial charge in [0.15, 0.2) is 0 Å². The topological polar surface area (TPSA) is 0 Å². The molecule has 0 spiro atoms. The SMILES string of the molecule is Cl/C=C/c1ccc[c]([Sb][c]2ccccc2)c1. The summed E-state index contributed by atoms with van der Waals surface area (Å²) in [6, 6.07) is 19.3. The van der Waals surface area contributed by atoms with Crippen LogP contribution >= 0.6 is 11.6 Å². The average Bonchev–Trinajstić information content (AvgIpc) is 2.31. The zero-order chi connectivity index (χ0) is 11.2. The van der Waals surface area contributed by atoms with E-state index >= 15 is 0 Å². The molecule has 0 aliphatic heterocycles. The summed E-state index contributed by atoms with van der Waals surface area (Å²) in [5.41, 5.74) is 2.74. The van der Waals surface area contributed by atoms with Crippen molar-refractivity contribution < 1.29 is 0 Å². The zero-order valence-electron chi connectivity index (χ0n) is 8.68. The summed E-state index contributed by atoms with van der Waals surface area (Å²) in [6.45, 7) is 0. The van der Waals surface area contributed by atoms with E-state index in [0.717, 1.165) is 0 Å². The van der Waals surface area contributed by atoms with E-state index in [2.05, 4.69) is 54.6 Å². The Morgan fingerprint density at radius 3 is 2.38 bits per heavy atom. The second-order valence-corrected chi connectivity index (χ2v) is 7.17. The van der Waals surface area contributed by atoms with Gasteiger partial charge in [-0.1, -0.05) is 0 Å². The van der Waals surface area contributed by atoms with Crippen molar-refractivity contribution in [3.8, 4) is 0 Å². The van der Waals surface area contributed by atoms with Crippen molar-refractivity contribution in [3.05, 3.63) is 65.7 Å². The van der Waals surface area contributed by atoms with Crippen molar-refractivity contribution in [1.29, 1.82) is 0 Å². The van der Waals surface area contributed by atoms with Crippen LogP contribution in [0.5, 0.6) is 0 Å². The normalized spacial score (nSPS) is 10.8. The summed E-state index contributed by atoms with van der Waals surface area (Å²) >= 11 is 5.13. The first-order valence-electron chi connectivity index (χ1n) is 5.02. The Labute approximate surface area is 111 Å². The first kappa shape index (κ1) is 11.8. The molecule has 0 aliphatic carbocycles. The second-order valence-electron chi connectivity index (χ2n) is 3.33. The molecule has 0 heterocycles. The Bertz CT molecular complexity index is 477. The van der Waals surface area contributed by atoms with E-state index < -0.39 is 21.6 Å². The third-order valence-corrected chi connectivity index (χ3v) is 5.38. The minimum absolute atomic E-state index is 0.454. The van der Waals surface area contributed by atoms with Gasteiger partial charge in [0.1, 0.15) is 0 Å². The van der Waals surface area contributed by atoms with Crippen molar-refractivity contribution in [2.75, 3.05) is 0 Å². The number of rotatable bonds is 3. The summed E-state index contributed by atoms with van der Waals surface area (Å²) in [6.07, 6.45) is 1.92. The van der Waals surface area contributed by atoms with E-state index in [-0.39, 0.29) is 0 Å². The quantitative estimate of drug-likeness (QED) is 0.756. The van der Waals surface area contributed by atoms with Gasteiger partial charge in [-0.2, -0.15) is 0 Å². The summed E-state index contributed by atoms with van der Waals surface area (Å²) in [7, 11) is 0. The van der Waals surface area contributed by atoms with Crippen molar-refractivity contribution in [3.63, 3.8) is 0 Å². The molecular formula is C14H11ClSb. The Hall–Kier alpha value is -0.712. The predicted octanol–water partition coefficient (Wildman–Crippen LogP) is 2.55. The fourth-order valence-corrected chi connectivity index (χ4v) is 4.40. The molecule has 2 aromatic carbocycles. The molecule has 16 heavy (non-hydrogen) atoms. The van der Waals surface area contributed by atoms with Gasteiger partial charge in [0.25, 0.3) is 0 Å². The molecule has 2 aromatic rings. The van der Waals surface area contributed by atoms with Crippen LogP contribution in [0.4, 0.5) is 0 Å². The molecule has 0 amide bonds. The van der Waals surface area contributed by atoms with Gasteiger partial charge < -0.3 is 0 Å². The first-order chi connectivity index (χ1) is 7.88. The van der Waals surface area contributed by atoms with Gasteiger partial charge in [-0.05, 0) is 0 Å². The fraction of sp³-hybridized carbons (Fsp3) is 0. The maximum atomic E-state index is 5.58. The van der Waals surface area contributed by atoms with Crippen molar-refractivity contribution >= 4 is 46.3 Å². The molecule has 2 heteroatoms. The molecule has 0 saturated carbocycles. The number of hydrogen-bond acceptors (Lipinski definition) is 0. The van der Waals surface area contributed by atoms with Crippen molar-refractivity contribution in [2.24, 2.45) is 0 Å². The third-order valence-electron chi connectivity index (χ3n) is 2.14. The molecule has 0 aliphatic rings. The Kier molecular flexibility index (Phi) is 4.51. The van der Waals surface area contributed by atoms with Crippen molar-refractivity contribution in [2.45, 2.75) is 0 Å². The van der Waals surface area contributed by atoms with Crippen LogP contribution in [-0.2, 0) is 0 Å². The number of benzene rings is 2. The van der Waals surface area contributed by atoms with Gasteiger partial charge in [-0.25, -0.2) is 0 Å². The van der Waals surface area contributed by atoms with Crippen LogP contribution in [0.2, 0.25) is 0 Å². The third kappa shape index (κ3) is 3.40. The van der Waals surface area contributed by atoms with Crippen LogP contribution < -0.4 is 7.02 Å². The number of hydrogen-bond donors (Lipinski definition) is 0. The monoisotopic (exact) mass is 335 g/mol. The van der Waals surface area contributed by atoms with E-state index in [1.807, 2.05) is 6.08 Å². The van der Waals surface area contributed by atoms with Gasteiger partial charge in [0.2, 0.25) is 0 Å². The van der Waals surface area contributed by atoms with E-state index in [1.54, 1.807) is 5.54 Å². The van der Waals surface area contributed by atoms with Crippen LogP contribution in [0.1, 0.15) is 5.56 Å². The molecule has 0 N–H and O–H groups in total. The molecule has 79 valence electrons. The van der Waals surface area contributed by atoms with Crippen LogP contribution in [-0.4, -0.2) is 21.6 Å². The summed E-state index contributed by atoms with van der Waals surface area (Å²) < 4.78 is 2.93. The molecule has 0 fully saturated rings. The molecule has 1 radical (unpaired) electrons. The fourth-order valence-electron chi connectivity index (χ4n) is 1.42. The van der Waals surface area contributed by atoms with Gasteiger partial charge in [-0.3, -0.25) is 0 Å². The molecule has 0 bridgehead atoms. The van der Waals surface area contributed by atoms with Gasteiger partial charge in [0.05, 0.1) is 0 Å². The summed E-state index contributed by atoms with van der Waals surface area (Å²) in [5, 5.41) is 0. The molecule has 0 unspecified atom stereocenters. The zero-order valence-corrected chi connectivity index (χ0v) is 12.0. The van der Waals surface area contributed by atoms with Crippen LogP contribution in [0.25, 0.3) is 6.08 Å². The standard InChI is InChI=1S/C8H6Cl.C6H5.Sb/c9-7-6-8-4-2-1-3-5-8;1-2-4-6-5-3-1;/h1-2,4-7H;1-5H;/b7-6+;;. The van der Waals surface area contributed by atoms with E-state index in [9.17, 15) is 0 Å². The van der Waals surface area contributed by atoms with Gasteiger partial charge >= 0.3 is 112 Å². The average molecular weight is 336 g/mol. The van der Waals surface area contributed by atoms with Crippen molar-refractivity contribution in [1.82, 2.24) is 0 Å². The summed E-state index contributed by atoms with van der Waals surface area (Å²) in [4.78, 5) is 0. The van der Waals surface area contributed by atoms with Gasteiger partial charge in [-0.15, -0.1) is 0 Å². The van der Waals surface area contributed by atoms with E-state index in [0.29, 0.717) is 0 Å². The maximum absolute atomic E-state index is 5.58. The first-order valence-corrected chi connectivity index (χ1v) is 8.01. The Morgan fingerprint density at radius 2 is 1.62 bits per heavy atom. The second kappa shape index (κ2) is 6.13. The Balaban J connectivity index is 2.19. The van der Waals surface area contributed by atoms with Crippen LogP contribution in [0, 0.1) is 0 Å². The molecule has 0 saturated heterocycles. The molecule has 0 aromatic heterocycles. The van der Waals surface area contributed by atoms with Crippen LogP contribution in [0.3, 0.4) is 0 Å². The minimum atomic E-state index is -0.454. The van der Waals surface area contributed by atoms with E-state index in [4.69, 9.17) is 11.6 Å². The molecule has 0 nitrogen and oxygen atoms in total. The van der Waals surface area contributed by atoms with Crippen LogP contribution in [0.15, 0.2) is 60.1 Å². The molecule has 2 rings (SSSR count). The van der Waals surface area contributed by atoms with Gasteiger partial charge in [0, 0.05) is 0 Å². The summed E-state index contributed by atoms with van der Waals surface area (Å²) in [5.74, 6) is 0. The number of halogens is 1. The molecular weight excluding hydrogens is 325 g/mol. The molecule has 0 atom stereocenters. The predicted molar refractivity (Wildman–Crippen MR) is 72.8 cm³/mol. The Morgan fingerprint density at radius 1 is 0.875 bits per heavy atom. The van der Waals surface area contributed by atoms with E-state index in [1.165, 1.54) is 12.6 Å².